The van der Waals surface area contributed by atoms with Crippen LogP contribution in [0.2, 0.25) is 0 Å². The van der Waals surface area contributed by atoms with Crippen molar-refractivity contribution in [2.24, 2.45) is 0 Å². The third kappa shape index (κ3) is 3.35. The summed E-state index contributed by atoms with van der Waals surface area (Å²) in [6.07, 6.45) is 1.91. The molecule has 2 nitrogen and oxygen atoms in total. The van der Waals surface area contributed by atoms with Gasteiger partial charge in [0.2, 0.25) is 5.91 Å². The first-order valence-electron chi connectivity index (χ1n) is 4.18. The quantitative estimate of drug-likeness (QED) is 0.917. The van der Waals surface area contributed by atoms with Crippen molar-refractivity contribution in [1.29, 1.82) is 0 Å². The van der Waals surface area contributed by atoms with Crippen molar-refractivity contribution >= 4 is 39.3 Å². The van der Waals surface area contributed by atoms with E-state index < -0.39 is 0 Å². The molecule has 0 spiro atoms. The van der Waals surface area contributed by atoms with Gasteiger partial charge >= 0.3 is 0 Å². The average molecular weight is 274 g/mol. The first-order valence-corrected chi connectivity index (χ1v) is 6.37. The number of carbonyl (C=O) groups is 1. The average Bonchev–Trinajstić information content (AvgIpc) is 2.10. The van der Waals surface area contributed by atoms with E-state index >= 15 is 0 Å². The van der Waals surface area contributed by atoms with Gasteiger partial charge in [0.05, 0.1) is 5.75 Å². The minimum atomic E-state index is 0.0444. The Labute approximate surface area is 96.6 Å². The fourth-order valence-electron chi connectivity index (χ4n) is 1.08. The van der Waals surface area contributed by atoms with Crippen LogP contribution < -0.4 is 5.32 Å². The second-order valence-electron chi connectivity index (χ2n) is 2.94. The van der Waals surface area contributed by atoms with Gasteiger partial charge in [-0.05, 0) is 36.9 Å². The summed E-state index contributed by atoms with van der Waals surface area (Å²) in [6, 6.07) is 5.80. The first kappa shape index (κ1) is 11.6. The number of amides is 1. The van der Waals surface area contributed by atoms with E-state index in [9.17, 15) is 4.79 Å². The number of hydrogen-bond acceptors (Lipinski definition) is 2. The number of rotatable bonds is 3. The molecule has 0 aliphatic carbocycles. The molecule has 0 saturated heterocycles. The van der Waals surface area contributed by atoms with Crippen molar-refractivity contribution in [3.63, 3.8) is 0 Å². The molecule has 0 bridgehead atoms. The van der Waals surface area contributed by atoms with Crippen molar-refractivity contribution in [2.45, 2.75) is 6.92 Å². The van der Waals surface area contributed by atoms with Crippen LogP contribution in [0.15, 0.2) is 22.7 Å². The molecule has 1 amide bonds. The van der Waals surface area contributed by atoms with Gasteiger partial charge in [0.15, 0.2) is 0 Å². The van der Waals surface area contributed by atoms with Crippen LogP contribution in [-0.2, 0) is 4.79 Å². The first-order chi connectivity index (χ1) is 6.63. The molecular weight excluding hydrogens is 262 g/mol. The maximum absolute atomic E-state index is 11.3. The van der Waals surface area contributed by atoms with Gasteiger partial charge in [-0.15, -0.1) is 0 Å². The van der Waals surface area contributed by atoms with E-state index in [2.05, 4.69) is 21.2 Å². The molecule has 1 aromatic carbocycles. The monoisotopic (exact) mass is 273 g/mol. The van der Waals surface area contributed by atoms with Crippen LogP contribution in [0.3, 0.4) is 0 Å². The van der Waals surface area contributed by atoms with Crippen LogP contribution in [-0.4, -0.2) is 17.9 Å². The fourth-order valence-corrected chi connectivity index (χ4v) is 1.89. The highest BCUT2D eigenvalue weighted by atomic mass is 79.9. The van der Waals surface area contributed by atoms with Crippen molar-refractivity contribution < 1.29 is 4.79 Å². The number of halogens is 1. The predicted octanol–water partition coefficient (Wildman–Crippen LogP) is 3.06. The van der Waals surface area contributed by atoms with Crippen LogP contribution in [0.1, 0.15) is 5.56 Å². The third-order valence-electron chi connectivity index (χ3n) is 1.74. The van der Waals surface area contributed by atoms with Crippen molar-refractivity contribution in [2.75, 3.05) is 17.3 Å². The molecule has 4 heteroatoms. The predicted molar refractivity (Wildman–Crippen MR) is 65.9 cm³/mol. The molecule has 0 radical (unpaired) electrons. The lowest BCUT2D eigenvalue weighted by Gasteiger charge is -2.07. The van der Waals surface area contributed by atoms with E-state index in [-0.39, 0.29) is 5.91 Å². The Bertz CT molecular complexity index is 341. The molecule has 1 aromatic rings. The van der Waals surface area contributed by atoms with Gasteiger partial charge in [0.25, 0.3) is 0 Å². The highest BCUT2D eigenvalue weighted by Gasteiger charge is 2.03. The third-order valence-corrected chi connectivity index (χ3v) is 2.78. The lowest BCUT2D eigenvalue weighted by molar-refractivity contribution is -0.113. The lowest BCUT2D eigenvalue weighted by atomic mass is 10.2. The molecule has 0 unspecified atom stereocenters. The molecule has 0 aliphatic heterocycles. The molecule has 0 aliphatic rings. The van der Waals surface area contributed by atoms with Crippen LogP contribution in [0.4, 0.5) is 5.69 Å². The zero-order valence-corrected chi connectivity index (χ0v) is 10.5. The summed E-state index contributed by atoms with van der Waals surface area (Å²) in [5.41, 5.74) is 1.95. The summed E-state index contributed by atoms with van der Waals surface area (Å²) in [7, 11) is 0. The molecule has 76 valence electrons. The van der Waals surface area contributed by atoms with E-state index in [1.54, 1.807) is 0 Å². The minimum absolute atomic E-state index is 0.0444. The van der Waals surface area contributed by atoms with E-state index in [1.807, 2.05) is 31.4 Å². The standard InChI is InChI=1S/C10H12BrNOS/c1-7-5-8(11)3-4-9(7)12-10(13)6-14-2/h3-5H,6H2,1-2H3,(H,12,13). The molecule has 0 fully saturated rings. The molecule has 0 atom stereocenters. The van der Waals surface area contributed by atoms with Crippen LogP contribution >= 0.6 is 27.7 Å². The Hall–Kier alpha value is -0.480. The fraction of sp³-hybridized carbons (Fsp3) is 0.300. The zero-order valence-electron chi connectivity index (χ0n) is 8.13. The Kier molecular flexibility index (Phi) is 4.48. The molecular formula is C10H12BrNOS. The molecule has 0 saturated carbocycles. The van der Waals surface area contributed by atoms with Gasteiger partial charge < -0.3 is 5.32 Å². The van der Waals surface area contributed by atoms with Crippen molar-refractivity contribution in [3.05, 3.63) is 28.2 Å². The summed E-state index contributed by atoms with van der Waals surface area (Å²) >= 11 is 4.89. The summed E-state index contributed by atoms with van der Waals surface area (Å²) in [6.45, 7) is 1.97. The normalized spacial score (nSPS) is 9.93. The maximum Gasteiger partial charge on any atom is 0.234 e. The zero-order chi connectivity index (χ0) is 10.6. The van der Waals surface area contributed by atoms with E-state index in [0.717, 1.165) is 15.7 Å². The SMILES string of the molecule is CSCC(=O)Nc1ccc(Br)cc1C. The van der Waals surface area contributed by atoms with Crippen LogP contribution in [0.5, 0.6) is 0 Å². The Morgan fingerprint density at radius 2 is 2.29 bits per heavy atom. The van der Waals surface area contributed by atoms with Crippen LogP contribution in [0, 0.1) is 6.92 Å². The van der Waals surface area contributed by atoms with Gasteiger partial charge in [-0.3, -0.25) is 4.79 Å². The number of hydrogen-bond donors (Lipinski definition) is 1. The highest BCUT2D eigenvalue weighted by Crippen LogP contribution is 2.19. The van der Waals surface area contributed by atoms with Crippen molar-refractivity contribution in [3.8, 4) is 0 Å². The largest absolute Gasteiger partial charge is 0.325 e. The van der Waals surface area contributed by atoms with Crippen LogP contribution in [0.25, 0.3) is 0 Å². The van der Waals surface area contributed by atoms with Crippen molar-refractivity contribution in [1.82, 2.24) is 0 Å². The number of thioether (sulfide) groups is 1. The second-order valence-corrected chi connectivity index (χ2v) is 4.72. The molecule has 0 heterocycles. The van der Waals surface area contributed by atoms with E-state index in [0.29, 0.717) is 5.75 Å². The van der Waals surface area contributed by atoms with Gasteiger partial charge in [-0.25, -0.2) is 0 Å². The highest BCUT2D eigenvalue weighted by molar-refractivity contribution is 9.10. The maximum atomic E-state index is 11.3. The van der Waals surface area contributed by atoms with E-state index in [1.165, 1.54) is 11.8 Å². The number of benzene rings is 1. The number of aryl methyl sites for hydroxylation is 1. The van der Waals surface area contributed by atoms with E-state index in [4.69, 9.17) is 0 Å². The van der Waals surface area contributed by atoms with Gasteiger partial charge in [0, 0.05) is 10.2 Å². The smallest absolute Gasteiger partial charge is 0.234 e. The molecule has 1 N–H and O–H groups in total. The summed E-state index contributed by atoms with van der Waals surface area (Å²) in [5.74, 6) is 0.540. The number of nitrogens with one attached hydrogen (secondary N) is 1. The Morgan fingerprint density at radius 3 is 2.86 bits per heavy atom. The molecule has 1 rings (SSSR count). The van der Waals surface area contributed by atoms with Gasteiger partial charge in [-0.1, -0.05) is 15.9 Å². The Morgan fingerprint density at radius 1 is 1.57 bits per heavy atom. The van der Waals surface area contributed by atoms with Gasteiger partial charge in [-0.2, -0.15) is 11.8 Å². The summed E-state index contributed by atoms with van der Waals surface area (Å²) in [5, 5.41) is 2.86. The number of anilines is 1. The summed E-state index contributed by atoms with van der Waals surface area (Å²) in [4.78, 5) is 11.3. The Balaban J connectivity index is 2.72. The van der Waals surface area contributed by atoms with Gasteiger partial charge in [0.1, 0.15) is 0 Å². The summed E-state index contributed by atoms with van der Waals surface area (Å²) < 4.78 is 1.03. The lowest BCUT2D eigenvalue weighted by Crippen LogP contribution is -2.14. The topological polar surface area (TPSA) is 29.1 Å². The second kappa shape index (κ2) is 5.41. The minimum Gasteiger partial charge on any atom is -0.325 e. The number of carbonyl (C=O) groups excluding carboxylic acids is 1. The molecule has 0 aromatic heterocycles. The molecule has 14 heavy (non-hydrogen) atoms.